The lowest BCUT2D eigenvalue weighted by Gasteiger charge is -2.69. The predicted octanol–water partition coefficient (Wildman–Crippen LogP) is 5.74. The Morgan fingerprint density at radius 3 is 2.33 bits per heavy atom. The fraction of sp³-hybridized carbons (Fsp3) is 0.742. The topological polar surface area (TPSA) is 84.2 Å². The second-order valence-corrected chi connectivity index (χ2v) is 14.3. The Morgan fingerprint density at radius 1 is 0.972 bits per heavy atom. The minimum absolute atomic E-state index is 0.00168. The molecule has 0 aromatic carbocycles. The molecule has 36 heavy (non-hydrogen) atoms. The Balaban J connectivity index is 1.61. The van der Waals surface area contributed by atoms with Crippen molar-refractivity contribution in [1.82, 2.24) is 0 Å². The van der Waals surface area contributed by atoms with Crippen LogP contribution in [0.3, 0.4) is 0 Å². The number of hydrogen-bond donors (Lipinski definition) is 0. The Morgan fingerprint density at radius 2 is 1.67 bits per heavy atom. The van der Waals surface area contributed by atoms with Gasteiger partial charge in [-0.25, -0.2) is 0 Å². The van der Waals surface area contributed by atoms with Gasteiger partial charge in [-0.15, -0.1) is 0 Å². The van der Waals surface area contributed by atoms with Gasteiger partial charge >= 0.3 is 5.97 Å². The first-order chi connectivity index (χ1) is 16.7. The minimum atomic E-state index is -1.14. The lowest BCUT2D eigenvalue weighted by atomic mass is 9.33. The zero-order valence-electron chi connectivity index (χ0n) is 22.8. The van der Waals surface area contributed by atoms with Crippen LogP contribution in [0.4, 0.5) is 0 Å². The monoisotopic (exact) mass is 489 g/mol. The third-order valence-corrected chi connectivity index (χ3v) is 13.0. The van der Waals surface area contributed by atoms with E-state index in [0.29, 0.717) is 5.92 Å². The van der Waals surface area contributed by atoms with E-state index in [0.717, 1.165) is 44.1 Å². The Hall–Kier alpha value is -2.22. The van der Waals surface area contributed by atoms with E-state index < -0.39 is 32.7 Å². The Bertz CT molecular complexity index is 1240. The Kier molecular flexibility index (Phi) is 4.43. The first-order valence-corrected chi connectivity index (χ1v) is 13.9. The van der Waals surface area contributed by atoms with Crippen molar-refractivity contribution in [2.24, 2.45) is 50.7 Å². The maximum absolute atomic E-state index is 14.5. The van der Waals surface area contributed by atoms with E-state index in [9.17, 15) is 19.6 Å². The molecule has 5 nitrogen and oxygen atoms in total. The van der Waals surface area contributed by atoms with Crippen LogP contribution >= 0.6 is 0 Å². The zero-order valence-corrected chi connectivity index (χ0v) is 22.8. The molecule has 3 saturated carbocycles. The van der Waals surface area contributed by atoms with E-state index in [-0.39, 0.29) is 40.9 Å². The number of nitrogens with zero attached hydrogens (tertiary/aromatic N) is 1. The summed E-state index contributed by atoms with van der Waals surface area (Å²) in [7, 11) is 0. The second kappa shape index (κ2) is 6.61. The van der Waals surface area contributed by atoms with Crippen LogP contribution in [-0.4, -0.2) is 23.1 Å². The SMILES string of the molecule is C[C@H]1[C@H](C)CCC23CC[C@]4(C)C(OC2=O)(C(=O)C=C2[C@@]5(C)C=C(C#N)C(=O)C(C)(C)[C@@H]5CC[C@]24C)[C@H]13. The maximum atomic E-state index is 14.5. The van der Waals surface area contributed by atoms with E-state index in [2.05, 4.69) is 40.7 Å². The number of ether oxygens (including phenoxy) is 1. The van der Waals surface area contributed by atoms with Crippen molar-refractivity contribution in [3.63, 3.8) is 0 Å². The number of allylic oxidation sites excluding steroid dienone is 3. The van der Waals surface area contributed by atoms with Gasteiger partial charge in [0.1, 0.15) is 6.07 Å². The van der Waals surface area contributed by atoms with E-state index in [1.165, 1.54) is 0 Å². The molecule has 2 bridgehead atoms. The number of esters is 1. The molecule has 1 aliphatic heterocycles. The zero-order chi connectivity index (χ0) is 26.3. The van der Waals surface area contributed by atoms with Crippen LogP contribution in [0.5, 0.6) is 0 Å². The van der Waals surface area contributed by atoms with E-state index in [1.807, 2.05) is 26.0 Å². The Labute approximate surface area is 214 Å². The van der Waals surface area contributed by atoms with Gasteiger partial charge in [0.05, 0.1) is 11.0 Å². The molecule has 4 fully saturated rings. The van der Waals surface area contributed by atoms with Crippen LogP contribution in [0.25, 0.3) is 0 Å². The molecular formula is C31H39NO4. The van der Waals surface area contributed by atoms with Gasteiger partial charge in [0, 0.05) is 22.2 Å². The average molecular weight is 490 g/mol. The molecule has 6 aliphatic rings. The van der Waals surface area contributed by atoms with Crippen molar-refractivity contribution in [2.75, 3.05) is 0 Å². The largest absolute Gasteiger partial charge is 0.449 e. The van der Waals surface area contributed by atoms with Gasteiger partial charge in [-0.05, 0) is 73.3 Å². The lowest BCUT2D eigenvalue weighted by Crippen LogP contribution is -2.72. The molecule has 192 valence electrons. The normalized spacial score (nSPS) is 52.6. The van der Waals surface area contributed by atoms with Crippen molar-refractivity contribution in [2.45, 2.75) is 92.6 Å². The van der Waals surface area contributed by atoms with Crippen LogP contribution < -0.4 is 0 Å². The van der Waals surface area contributed by atoms with Crippen LogP contribution in [0, 0.1) is 62.1 Å². The highest BCUT2D eigenvalue weighted by atomic mass is 16.6. The molecule has 2 unspecified atom stereocenters. The quantitative estimate of drug-likeness (QED) is 0.405. The molecule has 0 amide bonds. The second-order valence-electron chi connectivity index (χ2n) is 14.3. The van der Waals surface area contributed by atoms with Gasteiger partial charge in [0.25, 0.3) is 0 Å². The third kappa shape index (κ3) is 2.21. The number of rotatable bonds is 0. The van der Waals surface area contributed by atoms with E-state index in [4.69, 9.17) is 4.74 Å². The summed E-state index contributed by atoms with van der Waals surface area (Å²) in [6.45, 7) is 15.0. The molecule has 5 heteroatoms. The van der Waals surface area contributed by atoms with Gasteiger partial charge in [0.2, 0.25) is 0 Å². The summed E-state index contributed by atoms with van der Waals surface area (Å²) in [5.74, 6) is 0.224. The molecule has 9 atom stereocenters. The van der Waals surface area contributed by atoms with Crippen LogP contribution in [0.15, 0.2) is 23.3 Å². The van der Waals surface area contributed by atoms with Crippen molar-refractivity contribution in [1.29, 1.82) is 5.26 Å². The van der Waals surface area contributed by atoms with Gasteiger partial charge in [-0.2, -0.15) is 5.26 Å². The number of fused-ring (bicyclic) bond motifs is 4. The molecule has 0 N–H and O–H groups in total. The number of carbonyl (C=O) groups is 3. The fourth-order valence-electron chi connectivity index (χ4n) is 10.7. The smallest absolute Gasteiger partial charge is 0.313 e. The average Bonchev–Trinajstić information content (AvgIpc) is 3.03. The standard InChI is InChI=1S/C31H39NO4/c1-17-8-11-30-13-12-29(7)28(6)10-9-20-26(3,4)24(34)19(16-32)15-27(20,5)21(28)14-22(33)31(29,36-25(30)35)23(30)18(17)2/h14-15,17-18,20,23H,8-13H2,1-7H3/t17-,18+,20+,23-,27+,28-,29+,30?,31?/m1/s1. The molecule has 6 rings (SSSR count). The summed E-state index contributed by atoms with van der Waals surface area (Å²) >= 11 is 0. The first-order valence-electron chi connectivity index (χ1n) is 13.9. The minimum Gasteiger partial charge on any atom is -0.449 e. The van der Waals surface area contributed by atoms with Gasteiger partial charge in [-0.3, -0.25) is 14.4 Å². The third-order valence-electron chi connectivity index (χ3n) is 13.0. The highest BCUT2D eigenvalue weighted by Gasteiger charge is 2.83. The molecule has 5 aliphatic carbocycles. The number of hydrogen-bond acceptors (Lipinski definition) is 5. The van der Waals surface area contributed by atoms with Gasteiger partial charge < -0.3 is 4.74 Å². The van der Waals surface area contributed by atoms with Crippen molar-refractivity contribution >= 4 is 17.5 Å². The summed E-state index contributed by atoms with van der Waals surface area (Å²) < 4.78 is 6.48. The summed E-state index contributed by atoms with van der Waals surface area (Å²) in [6.07, 6.45) is 8.68. The predicted molar refractivity (Wildman–Crippen MR) is 134 cm³/mol. The summed E-state index contributed by atoms with van der Waals surface area (Å²) in [5.41, 5.74) is -2.67. The first kappa shape index (κ1) is 24.1. The van der Waals surface area contributed by atoms with Gasteiger partial charge in [-0.1, -0.05) is 54.5 Å². The number of ketones is 2. The van der Waals surface area contributed by atoms with Gasteiger partial charge in [0.15, 0.2) is 17.2 Å². The fourth-order valence-corrected chi connectivity index (χ4v) is 10.7. The number of carbonyl (C=O) groups excluding carboxylic acids is 3. The van der Waals surface area contributed by atoms with Crippen LogP contribution in [0.2, 0.25) is 0 Å². The molecular weight excluding hydrogens is 450 g/mol. The number of Topliss-reactive ketones (excluding diaryl/α,β-unsaturated/α-hetero) is 1. The molecule has 1 heterocycles. The van der Waals surface area contributed by atoms with E-state index in [1.54, 1.807) is 0 Å². The maximum Gasteiger partial charge on any atom is 0.313 e. The van der Waals surface area contributed by atoms with Crippen molar-refractivity contribution < 1.29 is 19.1 Å². The molecule has 0 aromatic rings. The molecule has 1 saturated heterocycles. The highest BCUT2D eigenvalue weighted by Crippen LogP contribution is 2.78. The van der Waals surface area contributed by atoms with E-state index >= 15 is 0 Å². The summed E-state index contributed by atoms with van der Waals surface area (Å²) in [4.78, 5) is 41.4. The summed E-state index contributed by atoms with van der Waals surface area (Å²) in [6, 6.07) is 2.16. The van der Waals surface area contributed by atoms with Crippen molar-refractivity contribution in [3.8, 4) is 6.07 Å². The van der Waals surface area contributed by atoms with Crippen molar-refractivity contribution in [3.05, 3.63) is 23.3 Å². The molecule has 1 spiro atoms. The molecule has 0 radical (unpaired) electrons. The van der Waals surface area contributed by atoms with Crippen LogP contribution in [0.1, 0.15) is 87.0 Å². The number of nitriles is 1. The highest BCUT2D eigenvalue weighted by molar-refractivity contribution is 6.06. The summed E-state index contributed by atoms with van der Waals surface area (Å²) in [5, 5.41) is 9.86. The molecule has 0 aromatic heterocycles. The van der Waals surface area contributed by atoms with Crippen LogP contribution in [-0.2, 0) is 19.1 Å². The lowest BCUT2D eigenvalue weighted by molar-refractivity contribution is -0.211.